The van der Waals surface area contributed by atoms with E-state index >= 15 is 0 Å². The maximum Gasteiger partial charge on any atom is 0.323 e. The molecule has 0 aromatic rings. The van der Waals surface area contributed by atoms with E-state index in [-0.39, 0.29) is 18.6 Å². The van der Waals surface area contributed by atoms with Crippen molar-refractivity contribution in [1.29, 1.82) is 0 Å². The molecule has 17 heavy (non-hydrogen) atoms. The van der Waals surface area contributed by atoms with Gasteiger partial charge in [-0.1, -0.05) is 6.08 Å². The molecule has 5 heteroatoms. The van der Waals surface area contributed by atoms with Gasteiger partial charge in [0.05, 0.1) is 0 Å². The van der Waals surface area contributed by atoms with Gasteiger partial charge in [-0.05, 0) is 32.1 Å². The lowest BCUT2D eigenvalue weighted by Crippen LogP contribution is -2.46. The molecular formula is C12H20N2O3. The second-order valence-electron chi connectivity index (χ2n) is 4.59. The van der Waals surface area contributed by atoms with Crippen LogP contribution >= 0.6 is 0 Å². The van der Waals surface area contributed by atoms with Gasteiger partial charge in [0.25, 0.3) is 0 Å². The van der Waals surface area contributed by atoms with Gasteiger partial charge >= 0.3 is 12.0 Å². The Bertz CT molecular complexity index is 300. The van der Waals surface area contributed by atoms with Crippen molar-refractivity contribution in [2.24, 2.45) is 5.92 Å². The number of hydrogen-bond acceptors (Lipinski definition) is 2. The van der Waals surface area contributed by atoms with Crippen LogP contribution in [0.4, 0.5) is 4.79 Å². The first-order valence-electron chi connectivity index (χ1n) is 5.91. The molecule has 96 valence electrons. The van der Waals surface area contributed by atoms with Gasteiger partial charge in [0.2, 0.25) is 0 Å². The van der Waals surface area contributed by atoms with Crippen LogP contribution in [0.5, 0.6) is 0 Å². The average Bonchev–Trinajstić information content (AvgIpc) is 3.00. The molecule has 5 nitrogen and oxygen atoms in total. The third-order valence-corrected chi connectivity index (χ3v) is 2.68. The molecule has 1 fully saturated rings. The first-order chi connectivity index (χ1) is 8.02. The van der Waals surface area contributed by atoms with Crippen molar-refractivity contribution in [3.05, 3.63) is 12.7 Å². The number of rotatable bonds is 7. The van der Waals surface area contributed by atoms with Crippen LogP contribution in [0.25, 0.3) is 0 Å². The number of nitrogens with one attached hydrogen (secondary N) is 1. The van der Waals surface area contributed by atoms with Crippen LogP contribution in [0.2, 0.25) is 0 Å². The Balaban J connectivity index is 2.45. The number of nitrogens with zero attached hydrogens (tertiary/aromatic N) is 1. The van der Waals surface area contributed by atoms with Crippen molar-refractivity contribution >= 4 is 12.0 Å². The molecule has 1 aliphatic rings. The van der Waals surface area contributed by atoms with Crippen molar-refractivity contribution < 1.29 is 14.7 Å². The Morgan fingerprint density at radius 1 is 1.59 bits per heavy atom. The summed E-state index contributed by atoms with van der Waals surface area (Å²) in [6.45, 7) is 5.78. The fraction of sp³-hybridized carbons (Fsp3) is 0.667. The third kappa shape index (κ3) is 5.38. The van der Waals surface area contributed by atoms with Gasteiger partial charge < -0.3 is 15.3 Å². The summed E-state index contributed by atoms with van der Waals surface area (Å²) in [5, 5.41) is 11.5. The largest absolute Gasteiger partial charge is 0.480 e. The van der Waals surface area contributed by atoms with E-state index < -0.39 is 5.97 Å². The van der Waals surface area contributed by atoms with Crippen LogP contribution in [0.3, 0.4) is 0 Å². The molecule has 0 radical (unpaired) electrons. The van der Waals surface area contributed by atoms with Gasteiger partial charge in [-0.2, -0.15) is 0 Å². The molecule has 1 atom stereocenters. The molecular weight excluding hydrogens is 220 g/mol. The van der Waals surface area contributed by atoms with Crippen molar-refractivity contribution in [2.45, 2.75) is 32.2 Å². The quantitative estimate of drug-likeness (QED) is 0.662. The monoisotopic (exact) mass is 240 g/mol. The molecule has 0 heterocycles. The molecule has 1 unspecified atom stereocenters. The fourth-order valence-corrected chi connectivity index (χ4v) is 1.61. The average molecular weight is 240 g/mol. The molecule has 0 spiro atoms. The summed E-state index contributed by atoms with van der Waals surface area (Å²) in [6.07, 6.45) is 4.58. The Morgan fingerprint density at radius 2 is 2.24 bits per heavy atom. The summed E-state index contributed by atoms with van der Waals surface area (Å²) in [5.74, 6) is -0.494. The number of carboxylic acid groups (broad SMARTS) is 1. The van der Waals surface area contributed by atoms with Crippen LogP contribution in [-0.2, 0) is 4.79 Å². The minimum absolute atomic E-state index is 0.0181. The van der Waals surface area contributed by atoms with E-state index in [9.17, 15) is 9.59 Å². The topological polar surface area (TPSA) is 69.6 Å². The number of carboxylic acids is 1. The molecule has 1 rings (SSSR count). The van der Waals surface area contributed by atoms with Gasteiger partial charge in [0.1, 0.15) is 6.54 Å². The molecule has 2 amide bonds. The van der Waals surface area contributed by atoms with Crippen LogP contribution in [0.1, 0.15) is 26.2 Å². The molecule has 1 aliphatic carbocycles. The number of hydrogen-bond donors (Lipinski definition) is 2. The van der Waals surface area contributed by atoms with Gasteiger partial charge in [-0.15, -0.1) is 6.58 Å². The van der Waals surface area contributed by atoms with E-state index in [2.05, 4.69) is 11.9 Å². The van der Waals surface area contributed by atoms with Crippen LogP contribution in [0.15, 0.2) is 12.7 Å². The van der Waals surface area contributed by atoms with E-state index in [4.69, 9.17) is 5.11 Å². The number of amides is 2. The van der Waals surface area contributed by atoms with Gasteiger partial charge in [0, 0.05) is 12.6 Å². The fourth-order valence-electron chi connectivity index (χ4n) is 1.61. The maximum atomic E-state index is 11.8. The zero-order chi connectivity index (χ0) is 12.8. The van der Waals surface area contributed by atoms with Crippen LogP contribution in [-0.4, -0.2) is 41.1 Å². The smallest absolute Gasteiger partial charge is 0.323 e. The molecule has 0 aromatic carbocycles. The predicted octanol–water partition coefficient (Wildman–Crippen LogP) is 1.46. The number of urea groups is 1. The Kier molecular flexibility index (Phi) is 5.00. The predicted molar refractivity (Wildman–Crippen MR) is 64.7 cm³/mol. The normalized spacial score (nSPS) is 16.1. The first-order valence-corrected chi connectivity index (χ1v) is 5.91. The lowest BCUT2D eigenvalue weighted by atomic mass is 10.2. The lowest BCUT2D eigenvalue weighted by Gasteiger charge is -2.23. The molecule has 0 bridgehead atoms. The van der Waals surface area contributed by atoms with Crippen molar-refractivity contribution in [1.82, 2.24) is 10.2 Å². The minimum atomic E-state index is -0.975. The Morgan fingerprint density at radius 3 is 2.71 bits per heavy atom. The summed E-state index contributed by atoms with van der Waals surface area (Å²) in [4.78, 5) is 23.9. The molecule has 2 N–H and O–H groups in total. The summed E-state index contributed by atoms with van der Waals surface area (Å²) < 4.78 is 0. The first kappa shape index (κ1) is 13.5. The molecule has 1 saturated carbocycles. The van der Waals surface area contributed by atoms with E-state index in [0.29, 0.717) is 18.9 Å². The number of carbonyl (C=O) groups is 2. The maximum absolute atomic E-state index is 11.8. The standard InChI is InChI=1S/C12H20N2O3/c1-3-4-9(2)13-12(17)14(8-11(15)16)7-10-5-6-10/h3,9-10H,1,4-8H2,2H3,(H,13,17)(H,15,16). The van der Waals surface area contributed by atoms with Crippen molar-refractivity contribution in [3.63, 3.8) is 0 Å². The van der Waals surface area contributed by atoms with E-state index in [0.717, 1.165) is 12.8 Å². The SMILES string of the molecule is C=CCC(C)NC(=O)N(CC(=O)O)CC1CC1. The molecule has 0 aromatic heterocycles. The second-order valence-corrected chi connectivity index (χ2v) is 4.59. The Hall–Kier alpha value is -1.52. The van der Waals surface area contributed by atoms with Gasteiger partial charge in [-0.25, -0.2) is 4.79 Å². The zero-order valence-corrected chi connectivity index (χ0v) is 10.2. The minimum Gasteiger partial charge on any atom is -0.480 e. The van der Waals surface area contributed by atoms with Crippen LogP contribution < -0.4 is 5.32 Å². The summed E-state index contributed by atoms with van der Waals surface area (Å²) in [6, 6.07) is -0.316. The third-order valence-electron chi connectivity index (χ3n) is 2.68. The zero-order valence-electron chi connectivity index (χ0n) is 10.2. The second kappa shape index (κ2) is 6.27. The van der Waals surface area contributed by atoms with Gasteiger partial charge in [-0.3, -0.25) is 4.79 Å². The highest BCUT2D eigenvalue weighted by atomic mass is 16.4. The van der Waals surface area contributed by atoms with Crippen molar-refractivity contribution in [3.8, 4) is 0 Å². The Labute approximate surface area is 101 Å². The summed E-state index contributed by atoms with van der Waals surface area (Å²) in [5.41, 5.74) is 0. The molecule has 0 aliphatic heterocycles. The van der Waals surface area contributed by atoms with Crippen molar-refractivity contribution in [2.75, 3.05) is 13.1 Å². The summed E-state index contributed by atoms with van der Waals surface area (Å²) in [7, 11) is 0. The highest BCUT2D eigenvalue weighted by Gasteiger charge is 2.28. The molecule has 0 saturated heterocycles. The highest BCUT2D eigenvalue weighted by molar-refractivity contribution is 5.80. The highest BCUT2D eigenvalue weighted by Crippen LogP contribution is 2.29. The number of carbonyl (C=O) groups excluding carboxylic acids is 1. The van der Waals surface area contributed by atoms with E-state index in [1.54, 1.807) is 6.08 Å². The van der Waals surface area contributed by atoms with Gasteiger partial charge in [0.15, 0.2) is 0 Å². The number of aliphatic carboxylic acids is 1. The lowest BCUT2D eigenvalue weighted by molar-refractivity contribution is -0.137. The van der Waals surface area contributed by atoms with E-state index in [1.807, 2.05) is 6.92 Å². The van der Waals surface area contributed by atoms with E-state index in [1.165, 1.54) is 4.90 Å². The summed E-state index contributed by atoms with van der Waals surface area (Å²) >= 11 is 0. The van der Waals surface area contributed by atoms with Crippen LogP contribution in [0, 0.1) is 5.92 Å².